The second-order valence-corrected chi connectivity index (χ2v) is 9.01. The van der Waals surface area contributed by atoms with Crippen LogP contribution in [-0.4, -0.2) is 36.0 Å². The minimum Gasteiger partial charge on any atom is -0.444 e. The Balaban J connectivity index is 2.57. The van der Waals surface area contributed by atoms with Gasteiger partial charge in [-0.05, 0) is 51.4 Å². The molecule has 0 bridgehead atoms. The van der Waals surface area contributed by atoms with Crippen LogP contribution in [0.2, 0.25) is 0 Å². The lowest BCUT2D eigenvalue weighted by atomic mass is 9.66. The van der Waals surface area contributed by atoms with E-state index < -0.39 is 5.60 Å². The third-order valence-corrected chi connectivity index (χ3v) is 4.48. The summed E-state index contributed by atoms with van der Waals surface area (Å²) >= 11 is 0. The average molecular weight is 311 g/mol. The number of nitrogens with zero attached hydrogens (tertiary/aromatic N) is 1. The van der Waals surface area contributed by atoms with E-state index in [0.717, 1.165) is 38.6 Å². The van der Waals surface area contributed by atoms with Gasteiger partial charge in [0.1, 0.15) is 11.9 Å². The van der Waals surface area contributed by atoms with Crippen molar-refractivity contribution in [2.45, 2.75) is 73.3 Å². The van der Waals surface area contributed by atoms with Gasteiger partial charge in [-0.25, -0.2) is 4.79 Å². The van der Waals surface area contributed by atoms with Crippen LogP contribution in [-0.2, 0) is 9.53 Å². The first-order chi connectivity index (χ1) is 9.86. The monoisotopic (exact) mass is 311 g/mol. The van der Waals surface area contributed by atoms with Crippen LogP contribution in [0.25, 0.3) is 0 Å². The van der Waals surface area contributed by atoms with E-state index in [4.69, 9.17) is 4.74 Å². The van der Waals surface area contributed by atoms with E-state index in [9.17, 15) is 9.59 Å². The zero-order valence-electron chi connectivity index (χ0n) is 15.4. The lowest BCUT2D eigenvalue weighted by molar-refractivity contribution is -0.116. The fraction of sp³-hybridized carbons (Fsp3) is 0.889. The van der Waals surface area contributed by atoms with Crippen LogP contribution in [0, 0.1) is 16.7 Å². The number of carbonyl (C=O) groups is 2. The number of hydrogen-bond donors (Lipinski definition) is 0. The molecule has 1 rings (SSSR count). The molecule has 1 aliphatic rings. The van der Waals surface area contributed by atoms with Crippen LogP contribution >= 0.6 is 0 Å². The molecular formula is C18H33NO3. The minimum atomic E-state index is -0.443. The summed E-state index contributed by atoms with van der Waals surface area (Å²) in [5, 5.41) is 0. The molecule has 22 heavy (non-hydrogen) atoms. The summed E-state index contributed by atoms with van der Waals surface area (Å²) in [7, 11) is 0. The quantitative estimate of drug-likeness (QED) is 0.728. The molecule has 4 nitrogen and oxygen atoms in total. The van der Waals surface area contributed by atoms with Crippen molar-refractivity contribution in [3.05, 3.63) is 0 Å². The molecule has 1 saturated heterocycles. The molecule has 0 unspecified atom stereocenters. The highest BCUT2D eigenvalue weighted by Gasteiger charge is 2.38. The van der Waals surface area contributed by atoms with E-state index in [2.05, 4.69) is 13.8 Å². The van der Waals surface area contributed by atoms with E-state index >= 15 is 0 Å². The van der Waals surface area contributed by atoms with Crippen molar-refractivity contribution in [2.75, 3.05) is 13.1 Å². The Labute approximate surface area is 135 Å². The maximum absolute atomic E-state index is 12.1. The number of rotatable bonds is 4. The van der Waals surface area contributed by atoms with Crippen molar-refractivity contribution >= 4 is 12.4 Å². The van der Waals surface area contributed by atoms with E-state index in [1.165, 1.54) is 0 Å². The molecular weight excluding hydrogens is 278 g/mol. The van der Waals surface area contributed by atoms with Crippen LogP contribution in [0.5, 0.6) is 0 Å². The number of amides is 1. The van der Waals surface area contributed by atoms with Crippen LogP contribution in [0.4, 0.5) is 4.79 Å². The third kappa shape index (κ3) is 5.62. The molecule has 0 aromatic rings. The third-order valence-electron chi connectivity index (χ3n) is 4.48. The van der Waals surface area contributed by atoms with Crippen molar-refractivity contribution in [3.8, 4) is 0 Å². The number of ether oxygens (including phenoxy) is 1. The average Bonchev–Trinajstić information content (AvgIpc) is 2.36. The van der Waals surface area contributed by atoms with Gasteiger partial charge < -0.3 is 14.4 Å². The van der Waals surface area contributed by atoms with Gasteiger partial charge in [-0.15, -0.1) is 0 Å². The molecule has 1 fully saturated rings. The van der Waals surface area contributed by atoms with Gasteiger partial charge in [0.25, 0.3) is 0 Å². The molecule has 1 amide bonds. The number of aldehydes is 1. The van der Waals surface area contributed by atoms with Crippen molar-refractivity contribution in [1.29, 1.82) is 0 Å². The van der Waals surface area contributed by atoms with Gasteiger partial charge in [0.2, 0.25) is 0 Å². The predicted molar refractivity (Wildman–Crippen MR) is 88.8 cm³/mol. The second-order valence-electron chi connectivity index (χ2n) is 9.01. The summed E-state index contributed by atoms with van der Waals surface area (Å²) in [6.07, 6.45) is 3.67. The van der Waals surface area contributed by atoms with E-state index in [1.54, 1.807) is 0 Å². The Morgan fingerprint density at radius 1 is 1.09 bits per heavy atom. The van der Waals surface area contributed by atoms with Crippen LogP contribution < -0.4 is 0 Å². The molecule has 4 heteroatoms. The summed E-state index contributed by atoms with van der Waals surface area (Å²) in [6.45, 7) is 15.6. The largest absolute Gasteiger partial charge is 0.444 e. The lowest BCUT2D eigenvalue weighted by Gasteiger charge is -2.43. The summed E-state index contributed by atoms with van der Waals surface area (Å²) < 4.78 is 5.44. The van der Waals surface area contributed by atoms with Gasteiger partial charge >= 0.3 is 6.09 Å². The zero-order chi connectivity index (χ0) is 17.2. The van der Waals surface area contributed by atoms with E-state index in [-0.39, 0.29) is 16.9 Å². The van der Waals surface area contributed by atoms with Gasteiger partial charge in [0, 0.05) is 18.5 Å². The molecule has 0 atom stereocenters. The van der Waals surface area contributed by atoms with Crippen LogP contribution in [0.3, 0.4) is 0 Å². The SMILES string of the molecule is CC(C)(C=O)CC(C)(C)C1CCN(C(=O)OC(C)(C)C)CC1. The van der Waals surface area contributed by atoms with Crippen molar-refractivity contribution < 1.29 is 14.3 Å². The second kappa shape index (κ2) is 6.59. The number of likely N-dealkylation sites (tertiary alicyclic amines) is 1. The first-order valence-corrected chi connectivity index (χ1v) is 8.31. The van der Waals surface area contributed by atoms with Gasteiger partial charge in [0.15, 0.2) is 0 Å². The molecule has 0 aliphatic carbocycles. The summed E-state index contributed by atoms with van der Waals surface area (Å²) in [5.41, 5.74) is -0.628. The zero-order valence-corrected chi connectivity index (χ0v) is 15.4. The maximum Gasteiger partial charge on any atom is 0.410 e. The number of carbonyl (C=O) groups excluding carboxylic acids is 2. The Morgan fingerprint density at radius 2 is 1.59 bits per heavy atom. The van der Waals surface area contributed by atoms with E-state index in [1.807, 2.05) is 39.5 Å². The van der Waals surface area contributed by atoms with Crippen LogP contribution in [0.15, 0.2) is 0 Å². The Morgan fingerprint density at radius 3 is 2.00 bits per heavy atom. The van der Waals surface area contributed by atoms with Gasteiger partial charge in [-0.1, -0.05) is 27.7 Å². The molecule has 0 N–H and O–H groups in total. The highest BCUT2D eigenvalue weighted by atomic mass is 16.6. The van der Waals surface area contributed by atoms with Gasteiger partial charge in [-0.2, -0.15) is 0 Å². The van der Waals surface area contributed by atoms with Crippen molar-refractivity contribution in [1.82, 2.24) is 4.90 Å². The molecule has 0 radical (unpaired) electrons. The highest BCUT2D eigenvalue weighted by molar-refractivity contribution is 5.68. The van der Waals surface area contributed by atoms with Crippen molar-refractivity contribution in [2.24, 2.45) is 16.7 Å². The maximum atomic E-state index is 12.1. The summed E-state index contributed by atoms with van der Waals surface area (Å²) in [5.74, 6) is 0.533. The topological polar surface area (TPSA) is 46.6 Å². The number of piperidine rings is 1. The normalized spacial score (nSPS) is 18.2. The Kier molecular flexibility index (Phi) is 5.69. The summed E-state index contributed by atoms with van der Waals surface area (Å²) in [4.78, 5) is 25.1. The van der Waals surface area contributed by atoms with E-state index in [0.29, 0.717) is 5.92 Å². The molecule has 0 saturated carbocycles. The minimum absolute atomic E-state index is 0.102. The first kappa shape index (κ1) is 19.0. The lowest BCUT2D eigenvalue weighted by Crippen LogP contribution is -2.45. The molecule has 1 aliphatic heterocycles. The Bertz CT molecular complexity index is 399. The summed E-state index contributed by atoms with van der Waals surface area (Å²) in [6, 6.07) is 0. The first-order valence-electron chi connectivity index (χ1n) is 8.31. The fourth-order valence-corrected chi connectivity index (χ4v) is 3.53. The smallest absolute Gasteiger partial charge is 0.410 e. The Hall–Kier alpha value is -1.06. The van der Waals surface area contributed by atoms with Crippen molar-refractivity contribution in [3.63, 3.8) is 0 Å². The molecule has 128 valence electrons. The predicted octanol–water partition coefficient (Wildman–Crippen LogP) is 4.27. The number of hydrogen-bond acceptors (Lipinski definition) is 3. The molecule has 0 aromatic carbocycles. The molecule has 0 spiro atoms. The van der Waals surface area contributed by atoms with Crippen LogP contribution in [0.1, 0.15) is 67.7 Å². The molecule has 0 aromatic heterocycles. The highest BCUT2D eigenvalue weighted by Crippen LogP contribution is 2.42. The van der Waals surface area contributed by atoms with Gasteiger partial charge in [-0.3, -0.25) is 0 Å². The fourth-order valence-electron chi connectivity index (χ4n) is 3.53. The standard InChI is InChI=1S/C18H33NO3/c1-16(2,3)22-15(21)19-10-8-14(9-11-19)18(6,7)12-17(4,5)13-20/h13-14H,8-12H2,1-7H3. The van der Waals surface area contributed by atoms with Gasteiger partial charge in [0.05, 0.1) is 0 Å². The molecule has 1 heterocycles.